The van der Waals surface area contributed by atoms with Crippen LogP contribution in [0.1, 0.15) is 43.4 Å². The van der Waals surface area contributed by atoms with Crippen molar-refractivity contribution in [1.82, 2.24) is 15.0 Å². The Labute approximate surface area is 125 Å². The molecule has 1 saturated carbocycles. The molecule has 0 bridgehead atoms. The average molecular weight is 289 g/mol. The molecule has 1 aromatic heterocycles. The maximum atomic E-state index is 12.2. The first-order valence-electron chi connectivity index (χ1n) is 8.23. The molecule has 3 aliphatic rings. The summed E-state index contributed by atoms with van der Waals surface area (Å²) in [6.07, 6.45) is 8.21. The minimum absolute atomic E-state index is 0.368. The first-order chi connectivity index (χ1) is 10.3. The first kappa shape index (κ1) is 13.3. The Morgan fingerprint density at radius 3 is 2.95 bits per heavy atom. The van der Waals surface area contributed by atoms with Gasteiger partial charge in [-0.15, -0.1) is 0 Å². The largest absolute Gasteiger partial charge is 0.364 e. The molecule has 21 heavy (non-hydrogen) atoms. The van der Waals surface area contributed by atoms with Crippen LogP contribution < -0.4 is 0 Å². The molecule has 1 aliphatic carbocycles. The number of amides is 1. The predicted octanol–water partition coefficient (Wildman–Crippen LogP) is 1.82. The van der Waals surface area contributed by atoms with E-state index >= 15 is 0 Å². The summed E-state index contributed by atoms with van der Waals surface area (Å²) in [5.74, 6) is 1.16. The maximum absolute atomic E-state index is 12.2. The van der Waals surface area contributed by atoms with Gasteiger partial charge in [0.2, 0.25) is 5.91 Å². The van der Waals surface area contributed by atoms with Gasteiger partial charge in [0.15, 0.2) is 0 Å². The van der Waals surface area contributed by atoms with Crippen LogP contribution in [0.2, 0.25) is 0 Å². The van der Waals surface area contributed by atoms with E-state index in [0.717, 1.165) is 57.1 Å². The summed E-state index contributed by atoms with van der Waals surface area (Å²) in [5, 5.41) is 4.05. The minimum Gasteiger partial charge on any atom is -0.364 e. The second kappa shape index (κ2) is 5.44. The van der Waals surface area contributed by atoms with Gasteiger partial charge in [0.05, 0.1) is 5.69 Å². The summed E-state index contributed by atoms with van der Waals surface area (Å²) in [5.41, 5.74) is 2.35. The van der Waals surface area contributed by atoms with Crippen LogP contribution in [0.4, 0.5) is 0 Å². The maximum Gasteiger partial charge on any atom is 0.222 e. The normalized spacial score (nSPS) is 27.5. The predicted molar refractivity (Wildman–Crippen MR) is 77.6 cm³/mol. The number of nitrogens with zero attached hydrogens (tertiary/aromatic N) is 3. The Bertz CT molecular complexity index is 523. The van der Waals surface area contributed by atoms with Crippen LogP contribution in [-0.2, 0) is 17.8 Å². The highest BCUT2D eigenvalue weighted by Gasteiger charge is 2.32. The quantitative estimate of drug-likeness (QED) is 0.852. The third-order valence-electron chi connectivity index (χ3n) is 5.21. The molecule has 0 radical (unpaired) electrons. The number of hydrogen-bond acceptors (Lipinski definition) is 4. The molecule has 0 unspecified atom stereocenters. The summed E-state index contributed by atoms with van der Waals surface area (Å²) in [6, 6.07) is 0.529. The zero-order valence-electron chi connectivity index (χ0n) is 12.5. The molecule has 3 heterocycles. The number of hydrogen-bond donors (Lipinski definition) is 0. The van der Waals surface area contributed by atoms with Crippen molar-refractivity contribution in [3.05, 3.63) is 17.5 Å². The lowest BCUT2D eigenvalue weighted by Crippen LogP contribution is -2.39. The lowest BCUT2D eigenvalue weighted by molar-refractivity contribution is -0.130. The van der Waals surface area contributed by atoms with Crippen molar-refractivity contribution in [2.75, 3.05) is 19.6 Å². The van der Waals surface area contributed by atoms with Crippen molar-refractivity contribution in [2.24, 2.45) is 5.92 Å². The van der Waals surface area contributed by atoms with Crippen LogP contribution in [0.25, 0.3) is 0 Å². The molecule has 0 spiro atoms. The first-order valence-corrected chi connectivity index (χ1v) is 8.23. The van der Waals surface area contributed by atoms with Gasteiger partial charge in [0, 0.05) is 50.6 Å². The van der Waals surface area contributed by atoms with Crippen molar-refractivity contribution in [3.63, 3.8) is 0 Å². The molecule has 5 heteroatoms. The summed E-state index contributed by atoms with van der Waals surface area (Å²) in [6.45, 7) is 3.91. The molecule has 4 rings (SSSR count). The molecule has 0 aromatic carbocycles. The van der Waals surface area contributed by atoms with E-state index in [4.69, 9.17) is 4.52 Å². The van der Waals surface area contributed by atoms with Gasteiger partial charge < -0.3 is 9.42 Å². The van der Waals surface area contributed by atoms with Gasteiger partial charge in [-0.05, 0) is 31.6 Å². The van der Waals surface area contributed by atoms with E-state index in [1.807, 2.05) is 0 Å². The lowest BCUT2D eigenvalue weighted by atomic mass is 10.0. The van der Waals surface area contributed by atoms with Crippen LogP contribution in [-0.4, -0.2) is 46.5 Å². The van der Waals surface area contributed by atoms with Gasteiger partial charge in [-0.1, -0.05) is 5.16 Å². The van der Waals surface area contributed by atoms with Crippen LogP contribution in [0.5, 0.6) is 0 Å². The van der Waals surface area contributed by atoms with Crippen LogP contribution in [0.15, 0.2) is 10.8 Å². The van der Waals surface area contributed by atoms with E-state index in [9.17, 15) is 4.79 Å². The number of fused-ring (bicyclic) bond motifs is 1. The molecule has 1 amide bonds. The highest BCUT2D eigenvalue weighted by Crippen LogP contribution is 2.31. The van der Waals surface area contributed by atoms with E-state index < -0.39 is 0 Å². The highest BCUT2D eigenvalue weighted by molar-refractivity contribution is 5.76. The number of aromatic nitrogens is 1. The minimum atomic E-state index is 0.368. The molecule has 0 N–H and O–H groups in total. The zero-order chi connectivity index (χ0) is 14.2. The van der Waals surface area contributed by atoms with Crippen molar-refractivity contribution >= 4 is 5.91 Å². The van der Waals surface area contributed by atoms with E-state index in [-0.39, 0.29) is 0 Å². The van der Waals surface area contributed by atoms with E-state index in [0.29, 0.717) is 18.4 Å². The number of carbonyl (C=O) groups is 1. The Hall–Kier alpha value is -1.36. The lowest BCUT2D eigenvalue weighted by Gasteiger charge is -2.33. The standard InChI is InChI=1S/C16H23N3O2/c20-16-4-3-14(5-7-19(16)9-12-1-2-12)18-8-6-15-13(10-18)11-21-17-15/h11-12,14H,1-10H2/t14-/m0/s1. The van der Waals surface area contributed by atoms with Gasteiger partial charge in [-0.3, -0.25) is 9.69 Å². The second-order valence-electron chi connectivity index (χ2n) is 6.77. The monoisotopic (exact) mass is 289 g/mol. The highest BCUT2D eigenvalue weighted by atomic mass is 16.5. The van der Waals surface area contributed by atoms with Gasteiger partial charge in [-0.2, -0.15) is 0 Å². The molecule has 2 aliphatic heterocycles. The third-order valence-corrected chi connectivity index (χ3v) is 5.21. The second-order valence-corrected chi connectivity index (χ2v) is 6.77. The van der Waals surface area contributed by atoms with E-state index in [1.54, 1.807) is 6.26 Å². The van der Waals surface area contributed by atoms with Gasteiger partial charge in [-0.25, -0.2) is 0 Å². The summed E-state index contributed by atoms with van der Waals surface area (Å²) < 4.78 is 5.07. The van der Waals surface area contributed by atoms with Crippen molar-refractivity contribution < 1.29 is 9.32 Å². The molecule has 114 valence electrons. The van der Waals surface area contributed by atoms with E-state index in [1.165, 1.54) is 18.4 Å². The van der Waals surface area contributed by atoms with Crippen LogP contribution in [0.3, 0.4) is 0 Å². The molecule has 2 fully saturated rings. The molecule has 5 nitrogen and oxygen atoms in total. The van der Waals surface area contributed by atoms with Crippen LogP contribution in [0, 0.1) is 5.92 Å². The van der Waals surface area contributed by atoms with Crippen molar-refractivity contribution in [3.8, 4) is 0 Å². The topological polar surface area (TPSA) is 49.6 Å². The third kappa shape index (κ3) is 2.84. The number of rotatable bonds is 3. The summed E-state index contributed by atoms with van der Waals surface area (Å²) >= 11 is 0. The molecule has 1 atom stereocenters. The molecular formula is C16H23N3O2. The van der Waals surface area contributed by atoms with Crippen LogP contribution >= 0.6 is 0 Å². The summed E-state index contributed by atoms with van der Waals surface area (Å²) in [4.78, 5) is 16.9. The summed E-state index contributed by atoms with van der Waals surface area (Å²) in [7, 11) is 0. The Morgan fingerprint density at radius 2 is 2.10 bits per heavy atom. The van der Waals surface area contributed by atoms with Gasteiger partial charge >= 0.3 is 0 Å². The van der Waals surface area contributed by atoms with Crippen molar-refractivity contribution in [1.29, 1.82) is 0 Å². The fourth-order valence-corrected chi connectivity index (χ4v) is 3.67. The Kier molecular flexibility index (Phi) is 3.45. The number of likely N-dealkylation sites (tertiary alicyclic amines) is 1. The molecular weight excluding hydrogens is 266 g/mol. The van der Waals surface area contributed by atoms with E-state index in [2.05, 4.69) is 15.0 Å². The number of carbonyl (C=O) groups excluding carboxylic acids is 1. The van der Waals surface area contributed by atoms with Gasteiger partial charge in [0.1, 0.15) is 6.26 Å². The average Bonchev–Trinajstić information content (AvgIpc) is 3.22. The fourth-order valence-electron chi connectivity index (χ4n) is 3.67. The zero-order valence-corrected chi connectivity index (χ0v) is 12.5. The van der Waals surface area contributed by atoms with Gasteiger partial charge in [0.25, 0.3) is 0 Å². The smallest absolute Gasteiger partial charge is 0.222 e. The molecule has 1 saturated heterocycles. The SMILES string of the molecule is O=C1CC[C@H](N2CCc3nocc3C2)CCN1CC1CC1. The Balaban J connectivity index is 1.39. The molecule has 1 aromatic rings. The van der Waals surface area contributed by atoms with Crippen molar-refractivity contribution in [2.45, 2.75) is 51.1 Å². The Morgan fingerprint density at radius 1 is 1.19 bits per heavy atom. The fraction of sp³-hybridized carbons (Fsp3) is 0.750.